The first-order chi connectivity index (χ1) is 8.56. The molecule has 92 valence electrons. The van der Waals surface area contributed by atoms with Gasteiger partial charge in [-0.25, -0.2) is 9.78 Å². The fraction of sp³-hybridized carbons (Fsp3) is 0. The van der Waals surface area contributed by atoms with E-state index in [1.54, 1.807) is 30.3 Å². The standard InChI is InChI=1S/C12H6BrCl2NO2/c13-10-5-7(6-16-11(10)15)12(17)18-9-3-1-8(14)2-4-9/h1-6H. The van der Waals surface area contributed by atoms with Crippen molar-refractivity contribution >= 4 is 45.1 Å². The second kappa shape index (κ2) is 5.69. The summed E-state index contributed by atoms with van der Waals surface area (Å²) in [6, 6.07) is 8.05. The molecule has 2 aromatic rings. The van der Waals surface area contributed by atoms with Gasteiger partial charge in [-0.15, -0.1) is 0 Å². The molecule has 2 rings (SSSR count). The number of nitrogens with zero attached hydrogens (tertiary/aromatic N) is 1. The summed E-state index contributed by atoms with van der Waals surface area (Å²) in [7, 11) is 0. The molecule has 3 nitrogen and oxygen atoms in total. The van der Waals surface area contributed by atoms with Gasteiger partial charge in [0, 0.05) is 11.2 Å². The smallest absolute Gasteiger partial charge is 0.345 e. The first-order valence-corrected chi connectivity index (χ1v) is 6.40. The van der Waals surface area contributed by atoms with Crippen LogP contribution in [-0.4, -0.2) is 11.0 Å². The third kappa shape index (κ3) is 3.22. The van der Waals surface area contributed by atoms with E-state index in [4.69, 9.17) is 27.9 Å². The van der Waals surface area contributed by atoms with Crippen molar-refractivity contribution in [2.24, 2.45) is 0 Å². The zero-order valence-corrected chi connectivity index (χ0v) is 12.0. The second-order valence-electron chi connectivity index (χ2n) is 3.34. The Morgan fingerprint density at radius 2 is 1.89 bits per heavy atom. The Hall–Kier alpha value is -1.10. The van der Waals surface area contributed by atoms with Gasteiger partial charge in [0.05, 0.1) is 10.0 Å². The molecule has 0 bridgehead atoms. The minimum absolute atomic E-state index is 0.290. The normalized spacial score (nSPS) is 10.2. The number of ether oxygens (including phenoxy) is 1. The molecule has 18 heavy (non-hydrogen) atoms. The molecular formula is C12H6BrCl2NO2. The molecule has 0 fully saturated rings. The molecular weight excluding hydrogens is 341 g/mol. The highest BCUT2D eigenvalue weighted by molar-refractivity contribution is 9.10. The molecule has 0 saturated heterocycles. The van der Waals surface area contributed by atoms with Gasteiger partial charge < -0.3 is 4.74 Å². The van der Waals surface area contributed by atoms with E-state index in [1.807, 2.05) is 0 Å². The highest BCUT2D eigenvalue weighted by Crippen LogP contribution is 2.22. The lowest BCUT2D eigenvalue weighted by Crippen LogP contribution is -2.08. The number of carbonyl (C=O) groups is 1. The van der Waals surface area contributed by atoms with E-state index in [1.165, 1.54) is 6.20 Å². The molecule has 0 aliphatic rings. The Morgan fingerprint density at radius 3 is 2.50 bits per heavy atom. The summed E-state index contributed by atoms with van der Waals surface area (Å²) in [5.74, 6) is -0.0994. The molecule has 0 saturated carbocycles. The SMILES string of the molecule is O=C(Oc1ccc(Cl)cc1)c1cnc(Cl)c(Br)c1. The summed E-state index contributed by atoms with van der Waals surface area (Å²) in [4.78, 5) is 15.7. The third-order valence-corrected chi connectivity index (χ3v) is 3.44. The van der Waals surface area contributed by atoms with Crippen LogP contribution in [0.1, 0.15) is 10.4 Å². The lowest BCUT2D eigenvalue weighted by molar-refractivity contribution is 0.0734. The Morgan fingerprint density at radius 1 is 1.22 bits per heavy atom. The van der Waals surface area contributed by atoms with E-state index in [-0.39, 0.29) is 5.15 Å². The molecule has 0 unspecified atom stereocenters. The first-order valence-electron chi connectivity index (χ1n) is 4.85. The number of halogens is 3. The predicted molar refractivity (Wildman–Crippen MR) is 73.4 cm³/mol. The van der Waals surface area contributed by atoms with Crippen LogP contribution in [0.5, 0.6) is 5.75 Å². The molecule has 0 aliphatic heterocycles. The highest BCUT2D eigenvalue weighted by Gasteiger charge is 2.11. The maximum atomic E-state index is 11.8. The average Bonchev–Trinajstić information content (AvgIpc) is 2.35. The Bertz CT molecular complexity index is 587. The molecule has 1 aromatic heterocycles. The molecule has 1 aromatic carbocycles. The van der Waals surface area contributed by atoms with Crippen molar-refractivity contribution in [3.63, 3.8) is 0 Å². The molecule has 1 heterocycles. The maximum absolute atomic E-state index is 11.8. The van der Waals surface area contributed by atoms with Gasteiger partial charge in [0.25, 0.3) is 0 Å². The van der Waals surface area contributed by atoms with Gasteiger partial charge in [-0.05, 0) is 46.3 Å². The van der Waals surface area contributed by atoms with Crippen molar-refractivity contribution in [1.29, 1.82) is 0 Å². The summed E-state index contributed by atoms with van der Waals surface area (Å²) >= 11 is 14.7. The minimum Gasteiger partial charge on any atom is -0.423 e. The Balaban J connectivity index is 2.16. The fourth-order valence-corrected chi connectivity index (χ4v) is 1.78. The lowest BCUT2D eigenvalue weighted by Gasteiger charge is -2.04. The summed E-state index contributed by atoms with van der Waals surface area (Å²) in [6.07, 6.45) is 1.35. The van der Waals surface area contributed by atoms with Crippen molar-refractivity contribution in [3.8, 4) is 5.75 Å². The highest BCUT2D eigenvalue weighted by atomic mass is 79.9. The van der Waals surface area contributed by atoms with Crippen LogP contribution in [0.4, 0.5) is 0 Å². The summed E-state index contributed by atoms with van der Waals surface area (Å²) in [6.45, 7) is 0. The summed E-state index contributed by atoms with van der Waals surface area (Å²) < 4.78 is 5.69. The lowest BCUT2D eigenvalue weighted by atomic mass is 10.3. The van der Waals surface area contributed by atoms with Crippen LogP contribution in [-0.2, 0) is 0 Å². The van der Waals surface area contributed by atoms with Crippen LogP contribution in [0.2, 0.25) is 10.2 Å². The molecule has 0 N–H and O–H groups in total. The van der Waals surface area contributed by atoms with E-state index >= 15 is 0 Å². The van der Waals surface area contributed by atoms with Crippen molar-refractivity contribution < 1.29 is 9.53 Å². The van der Waals surface area contributed by atoms with Crippen LogP contribution in [0.15, 0.2) is 41.0 Å². The number of carbonyl (C=O) groups excluding carboxylic acids is 1. The molecule has 6 heteroatoms. The van der Waals surface area contributed by atoms with Crippen LogP contribution in [0.25, 0.3) is 0 Å². The second-order valence-corrected chi connectivity index (χ2v) is 4.99. The largest absolute Gasteiger partial charge is 0.423 e. The van der Waals surface area contributed by atoms with Crippen LogP contribution in [0, 0.1) is 0 Å². The quantitative estimate of drug-likeness (QED) is 0.460. The predicted octanol–water partition coefficient (Wildman–Crippen LogP) is 4.37. The number of aromatic nitrogens is 1. The van der Waals surface area contributed by atoms with Gasteiger partial charge in [-0.2, -0.15) is 0 Å². The summed E-state index contributed by atoms with van der Waals surface area (Å²) in [5, 5.41) is 0.865. The molecule has 0 spiro atoms. The van der Waals surface area contributed by atoms with Gasteiger partial charge in [0.2, 0.25) is 0 Å². The number of hydrogen-bond acceptors (Lipinski definition) is 3. The van der Waals surface area contributed by atoms with Crippen molar-refractivity contribution in [2.45, 2.75) is 0 Å². The van der Waals surface area contributed by atoms with Gasteiger partial charge >= 0.3 is 5.97 Å². The average molecular weight is 347 g/mol. The molecule has 0 aliphatic carbocycles. The van der Waals surface area contributed by atoms with Gasteiger partial charge in [-0.1, -0.05) is 23.2 Å². The van der Waals surface area contributed by atoms with E-state index in [9.17, 15) is 4.79 Å². The van der Waals surface area contributed by atoms with Crippen LogP contribution < -0.4 is 4.74 Å². The van der Waals surface area contributed by atoms with Gasteiger partial charge in [0.1, 0.15) is 10.9 Å². The number of esters is 1. The van der Waals surface area contributed by atoms with E-state index in [0.717, 1.165) is 0 Å². The number of benzene rings is 1. The number of pyridine rings is 1. The zero-order valence-electron chi connectivity index (χ0n) is 8.86. The number of rotatable bonds is 2. The molecule has 0 atom stereocenters. The third-order valence-electron chi connectivity index (χ3n) is 2.06. The molecule has 0 radical (unpaired) electrons. The summed E-state index contributed by atoms with van der Waals surface area (Å²) in [5.41, 5.74) is 0.307. The zero-order chi connectivity index (χ0) is 13.1. The monoisotopic (exact) mass is 345 g/mol. The minimum atomic E-state index is -0.512. The number of hydrogen-bond donors (Lipinski definition) is 0. The topological polar surface area (TPSA) is 39.2 Å². The first kappa shape index (κ1) is 13.3. The maximum Gasteiger partial charge on any atom is 0.345 e. The van der Waals surface area contributed by atoms with Crippen molar-refractivity contribution in [3.05, 3.63) is 56.7 Å². The van der Waals surface area contributed by atoms with Crippen LogP contribution >= 0.6 is 39.1 Å². The fourth-order valence-electron chi connectivity index (χ4n) is 1.20. The molecule has 0 amide bonds. The Labute approximate surface area is 122 Å². The van der Waals surface area contributed by atoms with Crippen molar-refractivity contribution in [1.82, 2.24) is 4.98 Å². The van der Waals surface area contributed by atoms with Crippen LogP contribution in [0.3, 0.4) is 0 Å². The Kier molecular flexibility index (Phi) is 4.22. The van der Waals surface area contributed by atoms with Gasteiger partial charge in [-0.3, -0.25) is 0 Å². The van der Waals surface area contributed by atoms with E-state index < -0.39 is 5.97 Å². The van der Waals surface area contributed by atoms with E-state index in [2.05, 4.69) is 20.9 Å². The van der Waals surface area contributed by atoms with Crippen molar-refractivity contribution in [2.75, 3.05) is 0 Å². The van der Waals surface area contributed by atoms with E-state index in [0.29, 0.717) is 20.8 Å². The van der Waals surface area contributed by atoms with Gasteiger partial charge in [0.15, 0.2) is 0 Å².